The molecule has 0 aromatic heterocycles. The van der Waals surface area contributed by atoms with Crippen LogP contribution in [0.4, 0.5) is 0 Å². The van der Waals surface area contributed by atoms with Crippen molar-refractivity contribution in [3.63, 3.8) is 0 Å². The molecule has 100 valence electrons. The highest BCUT2D eigenvalue weighted by atomic mass is 16.5. The molecule has 17 heavy (non-hydrogen) atoms. The lowest BCUT2D eigenvalue weighted by molar-refractivity contribution is 0.0129. The van der Waals surface area contributed by atoms with Crippen molar-refractivity contribution in [3.05, 3.63) is 0 Å². The van der Waals surface area contributed by atoms with Crippen molar-refractivity contribution in [1.29, 1.82) is 0 Å². The van der Waals surface area contributed by atoms with E-state index >= 15 is 0 Å². The van der Waals surface area contributed by atoms with Gasteiger partial charge in [-0.15, -0.1) is 0 Å². The van der Waals surface area contributed by atoms with Gasteiger partial charge >= 0.3 is 0 Å². The summed E-state index contributed by atoms with van der Waals surface area (Å²) in [7, 11) is 0. The molecule has 1 saturated heterocycles. The second-order valence-corrected chi connectivity index (χ2v) is 5.29. The van der Waals surface area contributed by atoms with Gasteiger partial charge in [0.25, 0.3) is 0 Å². The summed E-state index contributed by atoms with van der Waals surface area (Å²) in [4.78, 5) is 0. The fraction of sp³-hybridized carbons (Fsp3) is 1.00. The van der Waals surface area contributed by atoms with E-state index in [1.165, 1.54) is 12.8 Å². The molecule has 5 nitrogen and oxygen atoms in total. The first-order valence-electron chi connectivity index (χ1n) is 6.45. The number of aliphatic hydroxyl groups excluding tert-OH is 1. The Kier molecular flexibility index (Phi) is 4.76. The SMILES string of the molecule is OC(CNCC1(O)CCOC1)COCC1CC1. The Bertz CT molecular complexity index is 227. The fourth-order valence-corrected chi connectivity index (χ4v) is 1.92. The fourth-order valence-electron chi connectivity index (χ4n) is 1.92. The first-order valence-corrected chi connectivity index (χ1v) is 6.45. The molecule has 2 rings (SSSR count). The van der Waals surface area contributed by atoms with Crippen LogP contribution in [0.25, 0.3) is 0 Å². The van der Waals surface area contributed by atoms with Gasteiger partial charge in [0, 0.05) is 32.7 Å². The highest BCUT2D eigenvalue weighted by Crippen LogP contribution is 2.28. The van der Waals surface area contributed by atoms with Crippen molar-refractivity contribution in [3.8, 4) is 0 Å². The monoisotopic (exact) mass is 245 g/mol. The maximum Gasteiger partial charge on any atom is 0.102 e. The van der Waals surface area contributed by atoms with Gasteiger partial charge in [0.2, 0.25) is 0 Å². The van der Waals surface area contributed by atoms with Gasteiger partial charge in [-0.1, -0.05) is 0 Å². The average molecular weight is 245 g/mol. The molecule has 1 aliphatic heterocycles. The van der Waals surface area contributed by atoms with Crippen LogP contribution in [0.5, 0.6) is 0 Å². The molecule has 0 amide bonds. The molecular formula is C12H23NO4. The molecule has 1 aliphatic carbocycles. The maximum absolute atomic E-state index is 9.96. The Hall–Kier alpha value is -0.200. The minimum Gasteiger partial charge on any atom is -0.389 e. The zero-order valence-corrected chi connectivity index (χ0v) is 10.2. The van der Waals surface area contributed by atoms with Crippen LogP contribution in [0.1, 0.15) is 19.3 Å². The average Bonchev–Trinajstić information content (AvgIpc) is 3.01. The quantitative estimate of drug-likeness (QED) is 0.538. The summed E-state index contributed by atoms with van der Waals surface area (Å²) in [5.74, 6) is 0.728. The predicted octanol–water partition coefficient (Wildman–Crippen LogP) is -0.485. The molecule has 2 fully saturated rings. The van der Waals surface area contributed by atoms with E-state index in [9.17, 15) is 10.2 Å². The second-order valence-electron chi connectivity index (χ2n) is 5.29. The van der Waals surface area contributed by atoms with Crippen LogP contribution in [-0.4, -0.2) is 61.4 Å². The van der Waals surface area contributed by atoms with E-state index in [0.29, 0.717) is 39.3 Å². The minimum absolute atomic E-state index is 0.373. The zero-order valence-electron chi connectivity index (χ0n) is 10.2. The van der Waals surface area contributed by atoms with Crippen molar-refractivity contribution >= 4 is 0 Å². The standard InChI is InChI=1S/C12H23NO4/c14-11(7-17-6-10-1-2-10)5-13-8-12(15)3-4-16-9-12/h10-11,13-15H,1-9H2. The third-order valence-electron chi connectivity index (χ3n) is 3.28. The van der Waals surface area contributed by atoms with Gasteiger partial charge in [0.05, 0.1) is 19.3 Å². The van der Waals surface area contributed by atoms with Gasteiger partial charge in [-0.3, -0.25) is 0 Å². The molecule has 1 saturated carbocycles. The highest BCUT2D eigenvalue weighted by molar-refractivity contribution is 4.85. The largest absolute Gasteiger partial charge is 0.389 e. The topological polar surface area (TPSA) is 71.0 Å². The molecule has 5 heteroatoms. The van der Waals surface area contributed by atoms with Crippen LogP contribution in [0.3, 0.4) is 0 Å². The number of ether oxygens (including phenoxy) is 2. The van der Waals surface area contributed by atoms with Crippen molar-refractivity contribution in [2.75, 3.05) is 39.5 Å². The molecule has 2 aliphatic rings. The number of aliphatic hydroxyl groups is 2. The summed E-state index contributed by atoms with van der Waals surface area (Å²) in [5.41, 5.74) is -0.755. The number of rotatable bonds is 8. The van der Waals surface area contributed by atoms with Gasteiger partial charge in [-0.05, 0) is 18.8 Å². The summed E-state index contributed by atoms with van der Waals surface area (Å²) in [5, 5.41) is 22.7. The summed E-state index contributed by atoms with van der Waals surface area (Å²) in [6, 6.07) is 0. The third kappa shape index (κ3) is 4.89. The number of nitrogens with one attached hydrogen (secondary N) is 1. The number of hydrogen-bond donors (Lipinski definition) is 3. The van der Waals surface area contributed by atoms with Crippen molar-refractivity contribution in [2.45, 2.75) is 31.0 Å². The second kappa shape index (κ2) is 6.11. The molecule has 2 atom stereocenters. The van der Waals surface area contributed by atoms with Gasteiger partial charge in [0.1, 0.15) is 5.60 Å². The van der Waals surface area contributed by atoms with Crippen molar-refractivity contribution in [1.82, 2.24) is 5.32 Å². The van der Waals surface area contributed by atoms with Gasteiger partial charge in [-0.25, -0.2) is 0 Å². The van der Waals surface area contributed by atoms with Crippen LogP contribution in [0, 0.1) is 5.92 Å². The van der Waals surface area contributed by atoms with Crippen LogP contribution >= 0.6 is 0 Å². The molecular weight excluding hydrogens is 222 g/mol. The molecule has 0 aromatic carbocycles. The van der Waals surface area contributed by atoms with Crippen molar-refractivity contribution in [2.24, 2.45) is 5.92 Å². The van der Waals surface area contributed by atoms with E-state index in [1.54, 1.807) is 0 Å². The van der Waals surface area contributed by atoms with Crippen molar-refractivity contribution < 1.29 is 19.7 Å². The molecule has 2 unspecified atom stereocenters. The molecule has 0 aromatic rings. The van der Waals surface area contributed by atoms with Crippen LogP contribution in [-0.2, 0) is 9.47 Å². The summed E-state index contributed by atoms with van der Waals surface area (Å²) < 4.78 is 10.5. The molecule has 0 radical (unpaired) electrons. The Morgan fingerprint density at radius 3 is 2.94 bits per heavy atom. The van der Waals surface area contributed by atoms with E-state index < -0.39 is 11.7 Å². The smallest absolute Gasteiger partial charge is 0.102 e. The zero-order chi connectivity index (χ0) is 12.1. The van der Waals surface area contributed by atoms with Crippen LogP contribution in [0.2, 0.25) is 0 Å². The van der Waals surface area contributed by atoms with E-state index in [4.69, 9.17) is 9.47 Å². The lowest BCUT2D eigenvalue weighted by atomic mass is 10.0. The first-order chi connectivity index (χ1) is 8.18. The summed E-state index contributed by atoms with van der Waals surface area (Å²) >= 11 is 0. The Morgan fingerprint density at radius 1 is 1.47 bits per heavy atom. The summed E-state index contributed by atoms with van der Waals surface area (Å²) in [6.07, 6.45) is 2.69. The lowest BCUT2D eigenvalue weighted by Gasteiger charge is -2.21. The van der Waals surface area contributed by atoms with E-state index in [0.717, 1.165) is 12.5 Å². The Balaban J connectivity index is 1.48. The minimum atomic E-state index is -0.755. The maximum atomic E-state index is 9.96. The predicted molar refractivity (Wildman–Crippen MR) is 62.8 cm³/mol. The molecule has 1 heterocycles. The lowest BCUT2D eigenvalue weighted by Crippen LogP contribution is -2.44. The third-order valence-corrected chi connectivity index (χ3v) is 3.28. The molecule has 0 spiro atoms. The number of hydrogen-bond acceptors (Lipinski definition) is 5. The summed E-state index contributed by atoms with van der Waals surface area (Å²) in [6.45, 7) is 3.06. The first kappa shape index (κ1) is 13.2. The normalized spacial score (nSPS) is 30.7. The molecule has 3 N–H and O–H groups in total. The van der Waals surface area contributed by atoms with E-state index in [1.807, 2.05) is 0 Å². The van der Waals surface area contributed by atoms with Gasteiger partial charge < -0.3 is 25.0 Å². The van der Waals surface area contributed by atoms with Gasteiger partial charge in [-0.2, -0.15) is 0 Å². The Morgan fingerprint density at radius 2 is 2.29 bits per heavy atom. The highest BCUT2D eigenvalue weighted by Gasteiger charge is 2.31. The Labute approximate surface area is 102 Å². The van der Waals surface area contributed by atoms with E-state index in [2.05, 4.69) is 5.32 Å². The van der Waals surface area contributed by atoms with Gasteiger partial charge in [0.15, 0.2) is 0 Å². The van der Waals surface area contributed by atoms with E-state index in [-0.39, 0.29) is 0 Å². The van der Waals surface area contributed by atoms with Crippen LogP contribution in [0.15, 0.2) is 0 Å². The van der Waals surface area contributed by atoms with Crippen LogP contribution < -0.4 is 5.32 Å². The molecule has 0 bridgehead atoms.